The van der Waals surface area contributed by atoms with Gasteiger partial charge in [0, 0.05) is 24.4 Å². The van der Waals surface area contributed by atoms with Gasteiger partial charge < -0.3 is 14.8 Å². The molecule has 0 aliphatic rings. The Morgan fingerprint density at radius 3 is 1.79 bits per heavy atom. The third kappa shape index (κ3) is 12.7. The quantitative estimate of drug-likeness (QED) is 0.215. The van der Waals surface area contributed by atoms with Crippen LogP contribution in [0.5, 0.6) is 0 Å². The molecule has 0 spiro atoms. The van der Waals surface area contributed by atoms with Crippen molar-refractivity contribution in [3.63, 3.8) is 0 Å². The average Bonchev–Trinajstić information content (AvgIpc) is 2.64. The topological polar surface area (TPSA) is 136 Å². The Labute approximate surface area is 230 Å². The fourth-order valence-corrected chi connectivity index (χ4v) is 5.29. The highest BCUT2D eigenvalue weighted by molar-refractivity contribution is 7.85. The summed E-state index contributed by atoms with van der Waals surface area (Å²) >= 11 is 0. The zero-order valence-electron chi connectivity index (χ0n) is 25.9. The van der Waals surface area contributed by atoms with Gasteiger partial charge in [0.1, 0.15) is 11.9 Å². The summed E-state index contributed by atoms with van der Waals surface area (Å²) in [4.78, 5) is 39.0. The highest BCUT2D eigenvalue weighted by atomic mass is 32.2. The summed E-state index contributed by atoms with van der Waals surface area (Å²) in [5, 5.41) is 2.61. The van der Waals surface area contributed by atoms with Crippen LogP contribution in [-0.2, 0) is 34.0 Å². The molecular weight excluding hydrogens is 510 g/mol. The van der Waals surface area contributed by atoms with E-state index in [9.17, 15) is 22.8 Å². The number of Topliss-reactive ketones (excluding diaryl/α,β-unsaturated/α-hetero) is 2. The van der Waals surface area contributed by atoms with E-state index in [4.69, 9.17) is 14.0 Å². The molecule has 0 rings (SSSR count). The predicted molar refractivity (Wildman–Crippen MR) is 150 cm³/mol. The van der Waals surface area contributed by atoms with E-state index in [1.165, 1.54) is 13.8 Å². The predicted octanol–water partition coefficient (Wildman–Crippen LogP) is 4.76. The second kappa shape index (κ2) is 12.9. The molecule has 0 heterocycles. The molecule has 1 amide bonds. The van der Waals surface area contributed by atoms with Crippen LogP contribution in [0, 0.1) is 16.7 Å². The van der Waals surface area contributed by atoms with Crippen LogP contribution in [0.15, 0.2) is 0 Å². The van der Waals surface area contributed by atoms with E-state index in [1.54, 1.807) is 27.7 Å². The SMILES string of the molecule is CC(OC(C)(C)C)C(=O)C(C)(C)C(C)(C)OCCCC(CC(=O)NC(C)(C)CS(=O)(=O)O)C(=O)C(C)(C)C. The molecule has 0 aromatic carbocycles. The molecule has 0 aliphatic carbocycles. The fraction of sp³-hybridized carbons (Fsp3) is 0.893. The van der Waals surface area contributed by atoms with Crippen LogP contribution in [0.4, 0.5) is 0 Å². The zero-order valence-corrected chi connectivity index (χ0v) is 26.7. The molecule has 0 aliphatic heterocycles. The molecule has 0 bridgehead atoms. The number of carbonyl (C=O) groups is 3. The minimum absolute atomic E-state index is 0.0672. The van der Waals surface area contributed by atoms with Crippen LogP contribution in [0.25, 0.3) is 0 Å². The highest BCUT2D eigenvalue weighted by Crippen LogP contribution is 2.37. The lowest BCUT2D eigenvalue weighted by Crippen LogP contribution is -2.51. The van der Waals surface area contributed by atoms with Gasteiger partial charge in [-0.1, -0.05) is 34.6 Å². The third-order valence-corrected chi connectivity index (χ3v) is 7.83. The molecule has 2 N–H and O–H groups in total. The van der Waals surface area contributed by atoms with Crippen LogP contribution in [0.1, 0.15) is 109 Å². The number of ether oxygens (including phenoxy) is 2. The highest BCUT2D eigenvalue weighted by Gasteiger charge is 2.46. The second-order valence-electron chi connectivity index (χ2n) is 14.0. The minimum Gasteiger partial charge on any atom is -0.375 e. The maximum absolute atomic E-state index is 13.2. The van der Waals surface area contributed by atoms with Crippen molar-refractivity contribution in [2.75, 3.05) is 12.4 Å². The largest absolute Gasteiger partial charge is 0.375 e. The molecule has 9 nitrogen and oxygen atoms in total. The van der Waals surface area contributed by atoms with E-state index >= 15 is 0 Å². The molecule has 10 heteroatoms. The number of hydrogen-bond acceptors (Lipinski definition) is 7. The number of rotatable bonds is 15. The summed E-state index contributed by atoms with van der Waals surface area (Å²) in [5.74, 6) is -1.86. The Morgan fingerprint density at radius 1 is 0.868 bits per heavy atom. The molecule has 0 aromatic rings. The molecule has 2 unspecified atom stereocenters. The first-order valence-corrected chi connectivity index (χ1v) is 14.9. The minimum atomic E-state index is -4.29. The first-order valence-electron chi connectivity index (χ1n) is 13.3. The molecule has 0 fully saturated rings. The van der Waals surface area contributed by atoms with E-state index in [0.29, 0.717) is 12.8 Å². The summed E-state index contributed by atoms with van der Waals surface area (Å²) in [6, 6.07) is 0. The van der Waals surface area contributed by atoms with Gasteiger partial charge in [0.25, 0.3) is 10.1 Å². The molecule has 2 atom stereocenters. The van der Waals surface area contributed by atoms with Gasteiger partial charge in [0.2, 0.25) is 5.91 Å². The Morgan fingerprint density at radius 2 is 1.37 bits per heavy atom. The lowest BCUT2D eigenvalue weighted by atomic mass is 9.72. The smallest absolute Gasteiger partial charge is 0.267 e. The Hall–Kier alpha value is -1.36. The summed E-state index contributed by atoms with van der Waals surface area (Å²) in [6.07, 6.45) is 0.150. The standard InChI is InChI=1S/C28H53NO8S/c1-19(37-25(5,6)7)22(31)27(10,11)28(12,13)36-16-14-15-20(23(32)24(2,3)4)17-21(30)29-26(8,9)18-38(33,34)35/h19-20H,14-18H2,1-13H3,(H,29,30)(H,33,34,35). The van der Waals surface area contributed by atoms with Gasteiger partial charge in [-0.3, -0.25) is 18.9 Å². The van der Waals surface area contributed by atoms with Crippen molar-refractivity contribution in [1.29, 1.82) is 0 Å². The Balaban J connectivity index is 5.35. The number of carbonyl (C=O) groups excluding carboxylic acids is 3. The van der Waals surface area contributed by atoms with E-state index in [-0.39, 0.29) is 24.6 Å². The molecule has 38 heavy (non-hydrogen) atoms. The Kier molecular flexibility index (Phi) is 12.4. The number of hydrogen-bond donors (Lipinski definition) is 2. The monoisotopic (exact) mass is 563 g/mol. The fourth-order valence-electron chi connectivity index (χ4n) is 4.31. The third-order valence-electron chi connectivity index (χ3n) is 6.74. The van der Waals surface area contributed by atoms with Gasteiger partial charge in [0.05, 0.1) is 27.9 Å². The summed E-state index contributed by atoms with van der Waals surface area (Å²) < 4.78 is 43.7. The summed E-state index contributed by atoms with van der Waals surface area (Å²) in [7, 11) is -4.29. The summed E-state index contributed by atoms with van der Waals surface area (Å²) in [5.41, 5.74) is -4.00. The molecular formula is C28H53NO8S. The molecule has 0 saturated carbocycles. The maximum atomic E-state index is 13.2. The van der Waals surface area contributed by atoms with Crippen LogP contribution in [0.3, 0.4) is 0 Å². The van der Waals surface area contributed by atoms with E-state index in [0.717, 1.165) is 0 Å². The number of nitrogens with one attached hydrogen (secondary N) is 1. The van der Waals surface area contributed by atoms with E-state index < -0.39 is 61.4 Å². The zero-order chi connectivity index (χ0) is 30.5. The van der Waals surface area contributed by atoms with Gasteiger partial charge in [0.15, 0.2) is 5.78 Å². The molecule has 224 valence electrons. The van der Waals surface area contributed by atoms with Gasteiger partial charge in [-0.2, -0.15) is 8.42 Å². The first kappa shape index (κ1) is 36.6. The van der Waals surface area contributed by atoms with Crippen molar-refractivity contribution in [3.05, 3.63) is 0 Å². The van der Waals surface area contributed by atoms with Crippen LogP contribution < -0.4 is 5.32 Å². The first-order chi connectivity index (χ1) is 16.6. The number of amides is 1. The summed E-state index contributed by atoms with van der Waals surface area (Å²) in [6.45, 7) is 23.5. The second-order valence-corrected chi connectivity index (χ2v) is 15.5. The average molecular weight is 564 g/mol. The lowest BCUT2D eigenvalue weighted by Gasteiger charge is -2.42. The van der Waals surface area contributed by atoms with Crippen molar-refractivity contribution in [3.8, 4) is 0 Å². The Bertz CT molecular complexity index is 937. The van der Waals surface area contributed by atoms with Gasteiger partial charge in [-0.15, -0.1) is 0 Å². The van der Waals surface area contributed by atoms with E-state index in [2.05, 4.69) is 5.32 Å². The van der Waals surface area contributed by atoms with Crippen molar-refractivity contribution in [2.24, 2.45) is 16.7 Å². The maximum Gasteiger partial charge on any atom is 0.267 e. The lowest BCUT2D eigenvalue weighted by molar-refractivity contribution is -0.166. The van der Waals surface area contributed by atoms with Crippen molar-refractivity contribution < 1.29 is 36.8 Å². The van der Waals surface area contributed by atoms with Crippen molar-refractivity contribution in [1.82, 2.24) is 5.32 Å². The van der Waals surface area contributed by atoms with Crippen molar-refractivity contribution in [2.45, 2.75) is 132 Å². The normalized spacial score (nSPS) is 15.6. The van der Waals surface area contributed by atoms with Crippen LogP contribution in [-0.4, -0.2) is 65.6 Å². The van der Waals surface area contributed by atoms with Gasteiger partial charge >= 0.3 is 0 Å². The number of ketones is 2. The van der Waals surface area contributed by atoms with Gasteiger partial charge in [-0.05, 0) is 68.2 Å². The van der Waals surface area contributed by atoms with Crippen LogP contribution in [0.2, 0.25) is 0 Å². The van der Waals surface area contributed by atoms with Crippen molar-refractivity contribution >= 4 is 27.6 Å². The van der Waals surface area contributed by atoms with Gasteiger partial charge in [-0.25, -0.2) is 0 Å². The van der Waals surface area contributed by atoms with E-state index in [1.807, 2.05) is 48.5 Å². The molecule has 0 radical (unpaired) electrons. The van der Waals surface area contributed by atoms with Crippen LogP contribution >= 0.6 is 0 Å². The molecule has 0 aromatic heterocycles. The molecule has 0 saturated heterocycles.